The van der Waals surface area contributed by atoms with Gasteiger partial charge in [-0.2, -0.15) is 0 Å². The van der Waals surface area contributed by atoms with Gasteiger partial charge in [-0.25, -0.2) is 14.4 Å². The molecule has 0 saturated heterocycles. The van der Waals surface area contributed by atoms with Crippen molar-refractivity contribution in [3.8, 4) is 0 Å². The van der Waals surface area contributed by atoms with Crippen molar-refractivity contribution in [2.24, 2.45) is 5.73 Å². The number of ether oxygens (including phenoxy) is 4. The van der Waals surface area contributed by atoms with Crippen LogP contribution in [0.25, 0.3) is 0 Å². The van der Waals surface area contributed by atoms with Gasteiger partial charge in [-0.1, -0.05) is 18.2 Å². The zero-order valence-electron chi connectivity index (χ0n) is 18.2. The van der Waals surface area contributed by atoms with Crippen LogP contribution in [0.5, 0.6) is 0 Å². The number of anilines is 1. The fourth-order valence-corrected chi connectivity index (χ4v) is 4.09. The molecule has 0 fully saturated rings. The smallest absolute Gasteiger partial charge is 0.339 e. The number of nitrogens with two attached hydrogens (primary N) is 1. The molecular weight excluding hydrogens is 420 g/mol. The van der Waals surface area contributed by atoms with Gasteiger partial charge >= 0.3 is 23.9 Å². The number of methoxy groups -OCH3 is 1. The van der Waals surface area contributed by atoms with Gasteiger partial charge < -0.3 is 29.6 Å². The molecule has 0 aliphatic carbocycles. The lowest BCUT2D eigenvalue weighted by Gasteiger charge is -2.40. The van der Waals surface area contributed by atoms with Crippen LogP contribution in [0.3, 0.4) is 0 Å². The molecule has 1 aromatic rings. The number of rotatable bonds is 6. The van der Waals surface area contributed by atoms with Crippen molar-refractivity contribution in [2.75, 3.05) is 31.8 Å². The third kappa shape index (κ3) is 3.28. The highest BCUT2D eigenvalue weighted by Crippen LogP contribution is 2.54. The molecule has 32 heavy (non-hydrogen) atoms. The van der Waals surface area contributed by atoms with Crippen molar-refractivity contribution < 1.29 is 38.1 Å². The second kappa shape index (κ2) is 8.74. The first-order valence-corrected chi connectivity index (χ1v) is 9.97. The van der Waals surface area contributed by atoms with Crippen molar-refractivity contribution >= 4 is 29.6 Å². The van der Waals surface area contributed by atoms with Crippen LogP contribution < -0.4 is 10.6 Å². The van der Waals surface area contributed by atoms with Crippen LogP contribution in [-0.2, 0) is 43.5 Å². The largest absolute Gasteiger partial charge is 0.466 e. The highest BCUT2D eigenvalue weighted by atomic mass is 16.6. The van der Waals surface area contributed by atoms with Gasteiger partial charge in [0.05, 0.1) is 20.3 Å². The third-order valence-corrected chi connectivity index (χ3v) is 5.26. The molecule has 0 radical (unpaired) electrons. The number of para-hydroxylation sites is 1. The number of nitrogens with zero attached hydrogens (tertiary/aromatic N) is 1. The first-order chi connectivity index (χ1) is 15.2. The molecule has 10 heteroatoms. The molecule has 2 aliphatic heterocycles. The fourth-order valence-electron chi connectivity index (χ4n) is 4.09. The molecular formula is C22H24N2O8. The molecule has 3 rings (SSSR count). The number of esters is 4. The summed E-state index contributed by atoms with van der Waals surface area (Å²) in [5.74, 6) is -3.55. The van der Waals surface area contributed by atoms with Crippen molar-refractivity contribution in [3.05, 3.63) is 52.6 Å². The summed E-state index contributed by atoms with van der Waals surface area (Å²) in [6.07, 6.45) is 0. The van der Waals surface area contributed by atoms with E-state index in [-0.39, 0.29) is 48.0 Å². The number of fused-ring (bicyclic) bond motifs is 2. The average molecular weight is 444 g/mol. The Morgan fingerprint density at radius 1 is 1.06 bits per heavy atom. The molecule has 1 spiro atoms. The predicted molar refractivity (Wildman–Crippen MR) is 111 cm³/mol. The lowest BCUT2D eigenvalue weighted by molar-refractivity contribution is -0.147. The van der Waals surface area contributed by atoms with Crippen molar-refractivity contribution in [1.29, 1.82) is 0 Å². The molecule has 10 nitrogen and oxygen atoms in total. The highest BCUT2D eigenvalue weighted by Gasteiger charge is 2.63. The molecule has 0 amide bonds. The van der Waals surface area contributed by atoms with Crippen LogP contribution in [0.15, 0.2) is 47.0 Å². The van der Waals surface area contributed by atoms with E-state index in [4.69, 9.17) is 24.7 Å². The average Bonchev–Trinajstić information content (AvgIpc) is 3.01. The molecule has 170 valence electrons. The molecule has 0 aromatic heterocycles. The lowest BCUT2D eigenvalue weighted by Crippen LogP contribution is -2.51. The molecule has 1 aromatic carbocycles. The van der Waals surface area contributed by atoms with E-state index < -0.39 is 29.3 Å². The molecule has 2 N–H and O–H groups in total. The Hall–Kier alpha value is -3.82. The molecule has 2 aliphatic rings. The summed E-state index contributed by atoms with van der Waals surface area (Å²) < 4.78 is 20.5. The summed E-state index contributed by atoms with van der Waals surface area (Å²) in [4.78, 5) is 53.0. The Kier molecular flexibility index (Phi) is 6.24. The Bertz CT molecular complexity index is 1060. The van der Waals surface area contributed by atoms with Crippen LogP contribution in [0.2, 0.25) is 0 Å². The van der Waals surface area contributed by atoms with E-state index in [1.54, 1.807) is 38.1 Å². The first-order valence-electron chi connectivity index (χ1n) is 9.97. The number of hydrogen-bond acceptors (Lipinski definition) is 10. The molecule has 0 bridgehead atoms. The van der Waals surface area contributed by atoms with Gasteiger partial charge in [0.25, 0.3) is 0 Å². The third-order valence-electron chi connectivity index (χ3n) is 5.26. The first kappa shape index (κ1) is 22.9. The van der Waals surface area contributed by atoms with Crippen LogP contribution in [0.1, 0.15) is 26.3 Å². The monoisotopic (exact) mass is 444 g/mol. The maximum atomic E-state index is 13.4. The number of carbonyl (C=O) groups is 4. The summed E-state index contributed by atoms with van der Waals surface area (Å²) >= 11 is 0. The SMILES string of the molecule is CCOC(=O)CN1C(N)=C(C(=O)OCC)C2(C(=O)OC(C)=C2C(=O)OC)c2ccccc21. The number of benzene rings is 1. The topological polar surface area (TPSA) is 134 Å². The van der Waals surface area contributed by atoms with Crippen molar-refractivity contribution in [1.82, 2.24) is 0 Å². The Labute approximate surface area is 184 Å². The van der Waals surface area contributed by atoms with Gasteiger partial charge in [0, 0.05) is 11.3 Å². The fraction of sp³-hybridized carbons (Fsp3) is 0.364. The predicted octanol–water partition coefficient (Wildman–Crippen LogP) is 1.04. The Morgan fingerprint density at radius 2 is 1.72 bits per heavy atom. The van der Waals surface area contributed by atoms with Crippen LogP contribution in [-0.4, -0.2) is 50.7 Å². The van der Waals surface area contributed by atoms with E-state index in [2.05, 4.69) is 0 Å². The Morgan fingerprint density at radius 3 is 2.34 bits per heavy atom. The minimum atomic E-state index is -2.02. The van der Waals surface area contributed by atoms with Crippen LogP contribution in [0, 0.1) is 0 Å². The van der Waals surface area contributed by atoms with Gasteiger partial charge in [-0.3, -0.25) is 4.79 Å². The second-order valence-corrected chi connectivity index (χ2v) is 6.95. The summed E-state index contributed by atoms with van der Waals surface area (Å²) in [7, 11) is 1.15. The van der Waals surface area contributed by atoms with Crippen molar-refractivity contribution in [2.45, 2.75) is 26.2 Å². The van der Waals surface area contributed by atoms with E-state index in [0.717, 1.165) is 7.11 Å². The van der Waals surface area contributed by atoms with Crippen molar-refractivity contribution in [3.63, 3.8) is 0 Å². The summed E-state index contributed by atoms with van der Waals surface area (Å²) in [6.45, 7) is 4.46. The molecule has 1 atom stereocenters. The number of allylic oxidation sites excluding steroid dienone is 1. The lowest BCUT2D eigenvalue weighted by atomic mass is 9.66. The van der Waals surface area contributed by atoms with Crippen LogP contribution in [0.4, 0.5) is 5.69 Å². The molecule has 0 saturated carbocycles. The Balaban J connectivity index is 2.39. The molecule has 1 unspecified atom stereocenters. The normalized spacial score (nSPS) is 19.6. The second-order valence-electron chi connectivity index (χ2n) is 6.95. The number of cyclic esters (lactones) is 1. The number of hydrogen-bond donors (Lipinski definition) is 1. The van der Waals surface area contributed by atoms with E-state index in [0.29, 0.717) is 5.69 Å². The van der Waals surface area contributed by atoms with E-state index >= 15 is 0 Å². The summed E-state index contributed by atoms with van der Waals surface area (Å²) in [5, 5.41) is 0. The zero-order valence-corrected chi connectivity index (χ0v) is 18.2. The maximum absolute atomic E-state index is 13.4. The minimum absolute atomic E-state index is 0.0173. The zero-order chi connectivity index (χ0) is 23.6. The van der Waals surface area contributed by atoms with E-state index in [1.165, 1.54) is 11.8 Å². The maximum Gasteiger partial charge on any atom is 0.339 e. The minimum Gasteiger partial charge on any atom is -0.466 e. The van der Waals surface area contributed by atoms with E-state index in [9.17, 15) is 19.2 Å². The quantitative estimate of drug-likeness (QED) is 0.501. The molecule has 2 heterocycles. The highest BCUT2D eigenvalue weighted by molar-refractivity contribution is 6.16. The summed E-state index contributed by atoms with van der Waals surface area (Å²) in [5.41, 5.74) is 4.42. The standard InChI is InChI=1S/C22H24N2O8/c1-5-30-15(25)11-24-14-10-8-7-9-13(14)22(17(18(24)23)20(27)31-6-2)16(19(26)29-4)12(3)32-21(22)28/h7-10H,5-6,11,23H2,1-4H3. The van der Waals surface area contributed by atoms with Gasteiger partial charge in [-0.15, -0.1) is 0 Å². The van der Waals surface area contributed by atoms with Gasteiger partial charge in [0.15, 0.2) is 5.41 Å². The van der Waals surface area contributed by atoms with Crippen LogP contribution >= 0.6 is 0 Å². The number of carbonyl (C=O) groups excluding carboxylic acids is 4. The summed E-state index contributed by atoms with van der Waals surface area (Å²) in [6, 6.07) is 6.47. The van der Waals surface area contributed by atoms with Gasteiger partial charge in [0.2, 0.25) is 0 Å². The van der Waals surface area contributed by atoms with Gasteiger partial charge in [-0.05, 0) is 26.8 Å². The van der Waals surface area contributed by atoms with Gasteiger partial charge in [0.1, 0.15) is 29.3 Å². The van der Waals surface area contributed by atoms with E-state index in [1.807, 2.05) is 0 Å².